The quantitative estimate of drug-likeness (QED) is 0.279. The number of nitrogens with one attached hydrogen (secondary N) is 1. The summed E-state index contributed by atoms with van der Waals surface area (Å²) in [6, 6.07) is 3.48. The minimum absolute atomic E-state index is 0.142. The van der Waals surface area contributed by atoms with Crippen LogP contribution < -0.4 is 5.43 Å². The van der Waals surface area contributed by atoms with Gasteiger partial charge in [0.15, 0.2) is 0 Å². The van der Waals surface area contributed by atoms with Gasteiger partial charge in [-0.3, -0.25) is 25.7 Å². The van der Waals surface area contributed by atoms with E-state index in [1.54, 1.807) is 0 Å². The first-order valence-corrected chi connectivity index (χ1v) is 9.50. The van der Waals surface area contributed by atoms with E-state index in [9.17, 15) is 20.2 Å². The number of non-ortho nitro benzene ring substituents is 1. The Labute approximate surface area is 165 Å². The molecule has 3 atom stereocenters. The topological polar surface area (TPSA) is 111 Å². The summed E-state index contributed by atoms with van der Waals surface area (Å²) < 4.78 is 0. The first-order chi connectivity index (χ1) is 13.1. The third-order valence-electron chi connectivity index (χ3n) is 5.95. The molecule has 2 rings (SSSR count). The summed E-state index contributed by atoms with van der Waals surface area (Å²) in [5.41, 5.74) is 5.98. The van der Waals surface area contributed by atoms with E-state index in [0.717, 1.165) is 31.0 Å². The van der Waals surface area contributed by atoms with Crippen LogP contribution in [0.4, 0.5) is 17.1 Å². The Hall–Kier alpha value is -2.77. The molecule has 0 radical (unpaired) electrons. The van der Waals surface area contributed by atoms with Crippen molar-refractivity contribution in [2.75, 3.05) is 5.43 Å². The van der Waals surface area contributed by atoms with Crippen LogP contribution in [0, 0.1) is 38.0 Å². The zero-order valence-corrected chi connectivity index (χ0v) is 17.1. The minimum Gasteiger partial charge on any atom is -0.272 e. The van der Waals surface area contributed by atoms with Gasteiger partial charge in [-0.2, -0.15) is 5.10 Å². The fraction of sp³-hybridized carbons (Fsp3) is 0.550. The Kier molecular flexibility index (Phi) is 6.88. The summed E-state index contributed by atoms with van der Waals surface area (Å²) in [6.45, 7) is 10.9. The van der Waals surface area contributed by atoms with Crippen LogP contribution in [-0.2, 0) is 0 Å². The molecule has 0 bridgehead atoms. The Morgan fingerprint density at radius 3 is 2.50 bits per heavy atom. The molecule has 0 aliphatic heterocycles. The molecule has 8 nitrogen and oxygen atoms in total. The van der Waals surface area contributed by atoms with Crippen molar-refractivity contribution < 1.29 is 9.85 Å². The number of nitro benzene ring substituents is 2. The summed E-state index contributed by atoms with van der Waals surface area (Å²) >= 11 is 0. The molecule has 0 fully saturated rings. The predicted molar refractivity (Wildman–Crippen MR) is 111 cm³/mol. The Bertz CT molecular complexity index is 831. The van der Waals surface area contributed by atoms with Crippen LogP contribution in [0.2, 0.25) is 0 Å². The first-order valence-electron chi connectivity index (χ1n) is 9.50. The van der Waals surface area contributed by atoms with E-state index in [-0.39, 0.29) is 17.1 Å². The molecule has 1 aliphatic carbocycles. The zero-order chi connectivity index (χ0) is 21.0. The van der Waals surface area contributed by atoms with E-state index in [0.29, 0.717) is 17.8 Å². The number of benzene rings is 1. The van der Waals surface area contributed by atoms with E-state index >= 15 is 0 Å². The maximum atomic E-state index is 11.2. The van der Waals surface area contributed by atoms with Crippen molar-refractivity contribution in [2.45, 2.75) is 53.9 Å². The van der Waals surface area contributed by atoms with Gasteiger partial charge in [-0.05, 0) is 63.9 Å². The van der Waals surface area contributed by atoms with Crippen molar-refractivity contribution in [3.63, 3.8) is 0 Å². The molecular weight excluding hydrogens is 360 g/mol. The molecule has 0 heterocycles. The monoisotopic (exact) mass is 388 g/mol. The van der Waals surface area contributed by atoms with Crippen molar-refractivity contribution in [1.29, 1.82) is 0 Å². The number of hydrogen-bond donors (Lipinski definition) is 1. The Balaban J connectivity index is 2.05. The van der Waals surface area contributed by atoms with Gasteiger partial charge in [-0.25, -0.2) is 0 Å². The molecule has 1 N–H and O–H groups in total. The maximum Gasteiger partial charge on any atom is 0.301 e. The van der Waals surface area contributed by atoms with Gasteiger partial charge in [0.1, 0.15) is 5.69 Å². The smallest absolute Gasteiger partial charge is 0.272 e. The third kappa shape index (κ3) is 4.94. The molecule has 8 heteroatoms. The highest BCUT2D eigenvalue weighted by molar-refractivity contribution is 5.83. The van der Waals surface area contributed by atoms with Crippen molar-refractivity contribution in [3.05, 3.63) is 49.6 Å². The molecule has 1 aromatic carbocycles. The fourth-order valence-electron chi connectivity index (χ4n) is 4.00. The van der Waals surface area contributed by atoms with Gasteiger partial charge >= 0.3 is 5.69 Å². The van der Waals surface area contributed by atoms with E-state index < -0.39 is 9.85 Å². The van der Waals surface area contributed by atoms with Crippen LogP contribution in [-0.4, -0.2) is 15.6 Å². The molecule has 0 saturated carbocycles. The second-order valence-corrected chi connectivity index (χ2v) is 7.81. The van der Waals surface area contributed by atoms with E-state index in [2.05, 4.69) is 38.2 Å². The average molecular weight is 388 g/mol. The lowest BCUT2D eigenvalue weighted by Gasteiger charge is -2.36. The molecule has 3 unspecified atom stereocenters. The number of hydrogen-bond acceptors (Lipinski definition) is 6. The predicted octanol–water partition coefficient (Wildman–Crippen LogP) is 5.70. The number of nitro groups is 2. The minimum atomic E-state index is -0.657. The number of nitrogens with zero attached hydrogens (tertiary/aromatic N) is 3. The van der Waals surface area contributed by atoms with Crippen molar-refractivity contribution >= 4 is 22.8 Å². The van der Waals surface area contributed by atoms with Gasteiger partial charge in [-0.15, -0.1) is 0 Å². The van der Waals surface area contributed by atoms with Gasteiger partial charge < -0.3 is 0 Å². The zero-order valence-electron chi connectivity index (χ0n) is 17.1. The maximum absolute atomic E-state index is 11.2. The molecule has 0 saturated heterocycles. The van der Waals surface area contributed by atoms with E-state index in [1.807, 2.05) is 6.92 Å². The van der Waals surface area contributed by atoms with Crippen LogP contribution in [0.25, 0.3) is 0 Å². The van der Waals surface area contributed by atoms with Gasteiger partial charge in [0.05, 0.1) is 15.9 Å². The van der Waals surface area contributed by atoms with Crippen molar-refractivity contribution in [1.82, 2.24) is 0 Å². The lowest BCUT2D eigenvalue weighted by molar-refractivity contribution is -0.393. The first kappa shape index (κ1) is 21.5. The van der Waals surface area contributed by atoms with Crippen LogP contribution in [0.1, 0.15) is 53.9 Å². The highest BCUT2D eigenvalue weighted by atomic mass is 16.6. The van der Waals surface area contributed by atoms with Crippen LogP contribution in [0.15, 0.2) is 34.4 Å². The number of rotatable bonds is 7. The van der Waals surface area contributed by atoms with Crippen molar-refractivity contribution in [3.8, 4) is 0 Å². The van der Waals surface area contributed by atoms with Crippen molar-refractivity contribution in [2.24, 2.45) is 22.9 Å². The van der Waals surface area contributed by atoms with Gasteiger partial charge in [-0.1, -0.05) is 25.0 Å². The van der Waals surface area contributed by atoms with E-state index in [4.69, 9.17) is 0 Å². The highest BCUT2D eigenvalue weighted by Crippen LogP contribution is 2.40. The number of anilines is 1. The lowest BCUT2D eigenvalue weighted by atomic mass is 9.69. The largest absolute Gasteiger partial charge is 0.301 e. The summed E-state index contributed by atoms with van der Waals surface area (Å²) in [5, 5.41) is 26.3. The fourth-order valence-corrected chi connectivity index (χ4v) is 4.00. The van der Waals surface area contributed by atoms with Crippen LogP contribution in [0.5, 0.6) is 0 Å². The average Bonchev–Trinajstić information content (AvgIpc) is 2.64. The van der Waals surface area contributed by atoms with Gasteiger partial charge in [0, 0.05) is 11.8 Å². The number of allylic oxidation sites excluding steroid dienone is 2. The Morgan fingerprint density at radius 2 is 1.89 bits per heavy atom. The molecule has 0 amide bonds. The molecule has 1 aliphatic rings. The summed E-state index contributed by atoms with van der Waals surface area (Å²) in [5.74, 6) is 1.75. The number of hydrazone groups is 1. The molecular formula is C20H28N4O4. The van der Waals surface area contributed by atoms with Gasteiger partial charge in [0.2, 0.25) is 0 Å². The molecule has 1 aromatic rings. The van der Waals surface area contributed by atoms with Gasteiger partial charge in [0.25, 0.3) is 5.69 Å². The molecule has 152 valence electrons. The van der Waals surface area contributed by atoms with Crippen LogP contribution >= 0.6 is 0 Å². The molecule has 28 heavy (non-hydrogen) atoms. The standard InChI is InChI=1S/C20H28N4O4/c1-12-10-13(2)18(16(5)15(12)4)8-6-14(3)21-22-19-9-7-17(23(25)26)11-20(19)24(27)28/h7,9,11,13,16,18,22H,6,8,10H2,1-5H3/b21-14-. The molecule has 0 aromatic heterocycles. The highest BCUT2D eigenvalue weighted by Gasteiger charge is 2.29. The normalized spacial score (nSPS) is 22.9. The van der Waals surface area contributed by atoms with Crippen LogP contribution in [0.3, 0.4) is 0 Å². The Morgan fingerprint density at radius 1 is 1.21 bits per heavy atom. The summed E-state index contributed by atoms with van der Waals surface area (Å²) in [6.07, 6.45) is 2.93. The SMILES string of the molecule is CC1=C(C)C(C)C(CC/C(C)=N\Nc2ccc([N+](=O)[O-])cc2[N+](=O)[O-])C(C)C1. The summed E-state index contributed by atoms with van der Waals surface area (Å²) in [4.78, 5) is 20.7. The second-order valence-electron chi connectivity index (χ2n) is 7.81. The molecule has 0 spiro atoms. The van der Waals surface area contributed by atoms with E-state index in [1.165, 1.54) is 23.3 Å². The summed E-state index contributed by atoms with van der Waals surface area (Å²) in [7, 11) is 0. The second kappa shape index (κ2) is 8.95. The lowest BCUT2D eigenvalue weighted by Crippen LogP contribution is -2.26. The third-order valence-corrected chi connectivity index (χ3v) is 5.95.